The zero-order chi connectivity index (χ0) is 18.6. The molecule has 9 nitrogen and oxygen atoms in total. The Morgan fingerprint density at radius 3 is 2.60 bits per heavy atom. The van der Waals surface area contributed by atoms with E-state index in [1.165, 1.54) is 17.8 Å². The van der Waals surface area contributed by atoms with Crippen LogP contribution >= 0.6 is 0 Å². The van der Waals surface area contributed by atoms with Crippen LogP contribution in [0.5, 0.6) is 0 Å². The number of hydrogen-bond donors (Lipinski definition) is 2. The van der Waals surface area contributed by atoms with Crippen LogP contribution < -0.4 is 11.2 Å². The number of Topliss-reactive ketones (excluding diaryl/α,β-unsaturated/α-hetero) is 1. The maximum absolute atomic E-state index is 12.7. The van der Waals surface area contributed by atoms with Crippen molar-refractivity contribution in [1.82, 2.24) is 18.7 Å². The van der Waals surface area contributed by atoms with Crippen LogP contribution in [0.3, 0.4) is 0 Å². The van der Waals surface area contributed by atoms with Gasteiger partial charge in [0.15, 0.2) is 11.2 Å². The monoisotopic (exact) mass is 352 g/mol. The fraction of sp³-hybridized carbons (Fsp3) is 0.625. The summed E-state index contributed by atoms with van der Waals surface area (Å²) in [4.78, 5) is 40.7. The molecular weight excluding hydrogens is 328 g/mol. The summed E-state index contributed by atoms with van der Waals surface area (Å²) in [7, 11) is 0. The molecule has 0 saturated heterocycles. The molecule has 2 N–H and O–H groups in total. The Morgan fingerprint density at radius 1 is 1.28 bits per heavy atom. The Hall–Kier alpha value is -2.26. The van der Waals surface area contributed by atoms with Crippen molar-refractivity contribution in [3.05, 3.63) is 27.2 Å². The third kappa shape index (κ3) is 4.05. The standard InChI is InChI=1S/C16H24N4O5/c1-3-19-14-13(15(24)20(16(19)25)8-11(2)22)18(10-17-14)7-5-4-6-12(23)9-21/h10,12,21,23H,3-9H2,1-2H3. The average Bonchev–Trinajstić information content (AvgIpc) is 2.99. The smallest absolute Gasteiger partial charge is 0.333 e. The molecule has 2 aromatic rings. The van der Waals surface area contributed by atoms with E-state index >= 15 is 0 Å². The maximum atomic E-state index is 12.7. The van der Waals surface area contributed by atoms with E-state index in [4.69, 9.17) is 5.11 Å². The van der Waals surface area contributed by atoms with Crippen molar-refractivity contribution >= 4 is 16.9 Å². The van der Waals surface area contributed by atoms with E-state index in [0.717, 1.165) is 4.57 Å². The van der Waals surface area contributed by atoms with Crippen LogP contribution in [0.1, 0.15) is 33.1 Å². The summed E-state index contributed by atoms with van der Waals surface area (Å²) >= 11 is 0. The molecular formula is C16H24N4O5. The lowest BCUT2D eigenvalue weighted by atomic mass is 10.1. The van der Waals surface area contributed by atoms with Gasteiger partial charge in [-0.3, -0.25) is 18.7 Å². The van der Waals surface area contributed by atoms with Crippen molar-refractivity contribution in [2.75, 3.05) is 6.61 Å². The highest BCUT2D eigenvalue weighted by molar-refractivity contribution is 5.76. The van der Waals surface area contributed by atoms with E-state index < -0.39 is 17.4 Å². The van der Waals surface area contributed by atoms with E-state index in [2.05, 4.69) is 4.98 Å². The molecule has 0 saturated carbocycles. The second-order valence-electron chi connectivity index (χ2n) is 6.06. The minimum Gasteiger partial charge on any atom is -0.394 e. The van der Waals surface area contributed by atoms with E-state index in [-0.39, 0.29) is 18.9 Å². The van der Waals surface area contributed by atoms with Crippen molar-refractivity contribution < 1.29 is 15.0 Å². The molecule has 138 valence electrons. The number of hydrogen-bond acceptors (Lipinski definition) is 6. The van der Waals surface area contributed by atoms with Crippen LogP contribution in [-0.2, 0) is 24.4 Å². The number of aliphatic hydroxyl groups is 2. The summed E-state index contributed by atoms with van der Waals surface area (Å²) in [5, 5.41) is 18.2. The van der Waals surface area contributed by atoms with Crippen LogP contribution in [0, 0.1) is 0 Å². The van der Waals surface area contributed by atoms with E-state index in [9.17, 15) is 19.5 Å². The normalized spacial score (nSPS) is 12.6. The first-order valence-electron chi connectivity index (χ1n) is 8.37. The molecule has 0 spiro atoms. The first-order chi connectivity index (χ1) is 11.9. The number of fused-ring (bicyclic) bond motifs is 1. The number of nitrogens with zero attached hydrogens (tertiary/aromatic N) is 4. The van der Waals surface area contributed by atoms with Gasteiger partial charge in [0.05, 0.1) is 25.6 Å². The van der Waals surface area contributed by atoms with E-state index in [1.807, 2.05) is 0 Å². The number of imidazole rings is 1. The molecule has 1 atom stereocenters. The summed E-state index contributed by atoms with van der Waals surface area (Å²) in [6.07, 6.45) is 2.60. The van der Waals surface area contributed by atoms with Gasteiger partial charge in [0.2, 0.25) is 0 Å². The molecule has 1 unspecified atom stereocenters. The van der Waals surface area contributed by atoms with Gasteiger partial charge >= 0.3 is 5.69 Å². The summed E-state index contributed by atoms with van der Waals surface area (Å²) in [5.41, 5.74) is -0.447. The van der Waals surface area contributed by atoms with Gasteiger partial charge in [0.25, 0.3) is 5.56 Å². The topological polar surface area (TPSA) is 119 Å². The van der Waals surface area contributed by atoms with E-state index in [0.29, 0.717) is 43.5 Å². The Kier molecular flexibility index (Phi) is 6.27. The molecule has 0 amide bonds. The van der Waals surface area contributed by atoms with Crippen molar-refractivity contribution in [1.29, 1.82) is 0 Å². The molecule has 0 aliphatic carbocycles. The first-order valence-corrected chi connectivity index (χ1v) is 8.37. The van der Waals surface area contributed by atoms with Gasteiger partial charge in [0.1, 0.15) is 5.78 Å². The van der Waals surface area contributed by atoms with Crippen molar-refractivity contribution in [2.45, 2.75) is 58.8 Å². The largest absolute Gasteiger partial charge is 0.394 e. The van der Waals surface area contributed by atoms with Crippen molar-refractivity contribution in [3.8, 4) is 0 Å². The summed E-state index contributed by atoms with van der Waals surface area (Å²) in [6.45, 7) is 3.40. The second-order valence-corrected chi connectivity index (χ2v) is 6.06. The lowest BCUT2D eigenvalue weighted by Gasteiger charge is -2.10. The van der Waals surface area contributed by atoms with Crippen molar-refractivity contribution in [2.24, 2.45) is 0 Å². The fourth-order valence-electron chi connectivity index (χ4n) is 2.81. The van der Waals surface area contributed by atoms with Crippen LogP contribution in [0.15, 0.2) is 15.9 Å². The Bertz CT molecular complexity index is 864. The Morgan fingerprint density at radius 2 is 2.00 bits per heavy atom. The minimum atomic E-state index is -0.738. The van der Waals surface area contributed by atoms with Gasteiger partial charge < -0.3 is 14.8 Å². The van der Waals surface area contributed by atoms with Gasteiger partial charge in [-0.25, -0.2) is 9.78 Å². The van der Waals surface area contributed by atoms with Gasteiger partial charge in [-0.2, -0.15) is 0 Å². The quantitative estimate of drug-likeness (QED) is 0.587. The summed E-state index contributed by atoms with van der Waals surface area (Å²) in [6, 6.07) is 0. The Labute approximate surface area is 144 Å². The number of aryl methyl sites for hydroxylation is 2. The third-order valence-corrected chi connectivity index (χ3v) is 4.08. The molecule has 0 aliphatic rings. The highest BCUT2D eigenvalue weighted by Gasteiger charge is 2.17. The van der Waals surface area contributed by atoms with Gasteiger partial charge in [0, 0.05) is 13.1 Å². The molecule has 0 aliphatic heterocycles. The highest BCUT2D eigenvalue weighted by Crippen LogP contribution is 2.10. The summed E-state index contributed by atoms with van der Waals surface area (Å²) in [5.74, 6) is -0.273. The number of rotatable bonds is 9. The lowest BCUT2D eigenvalue weighted by Crippen LogP contribution is -2.41. The SMILES string of the molecule is CCn1c(=O)n(CC(C)=O)c(=O)c2c1ncn2CCCCC(O)CO. The molecule has 2 rings (SSSR count). The average molecular weight is 352 g/mol. The number of aromatic nitrogens is 4. The summed E-state index contributed by atoms with van der Waals surface area (Å²) < 4.78 is 4.00. The van der Waals surface area contributed by atoms with Crippen molar-refractivity contribution in [3.63, 3.8) is 0 Å². The van der Waals surface area contributed by atoms with Gasteiger partial charge in [-0.05, 0) is 33.1 Å². The molecule has 2 aromatic heterocycles. The maximum Gasteiger partial charge on any atom is 0.333 e. The molecule has 0 aromatic carbocycles. The van der Waals surface area contributed by atoms with Crippen LogP contribution in [0.4, 0.5) is 0 Å². The predicted octanol–water partition coefficient (Wildman–Crippen LogP) is -0.508. The van der Waals surface area contributed by atoms with Gasteiger partial charge in [-0.15, -0.1) is 0 Å². The molecule has 9 heteroatoms. The second kappa shape index (κ2) is 8.21. The number of carbonyl (C=O) groups is 1. The van der Waals surface area contributed by atoms with Crippen LogP contribution in [-0.4, -0.2) is 47.4 Å². The van der Waals surface area contributed by atoms with Crippen LogP contribution in [0.25, 0.3) is 11.2 Å². The highest BCUT2D eigenvalue weighted by atomic mass is 16.3. The molecule has 25 heavy (non-hydrogen) atoms. The lowest BCUT2D eigenvalue weighted by molar-refractivity contribution is -0.117. The van der Waals surface area contributed by atoms with Crippen LogP contribution in [0.2, 0.25) is 0 Å². The predicted molar refractivity (Wildman–Crippen MR) is 91.6 cm³/mol. The zero-order valence-corrected chi connectivity index (χ0v) is 14.5. The number of unbranched alkanes of at least 4 members (excludes halogenated alkanes) is 1. The molecule has 0 bridgehead atoms. The fourth-order valence-corrected chi connectivity index (χ4v) is 2.81. The third-order valence-electron chi connectivity index (χ3n) is 4.08. The molecule has 2 heterocycles. The molecule has 0 fully saturated rings. The number of ketones is 1. The Balaban J connectivity index is 2.38. The minimum absolute atomic E-state index is 0.262. The van der Waals surface area contributed by atoms with E-state index in [1.54, 1.807) is 11.5 Å². The molecule has 0 radical (unpaired) electrons. The number of carbonyl (C=O) groups excluding carboxylic acids is 1. The van der Waals surface area contributed by atoms with Gasteiger partial charge in [-0.1, -0.05) is 0 Å². The first kappa shape index (κ1) is 19.1. The number of aliphatic hydroxyl groups excluding tert-OH is 2. The zero-order valence-electron chi connectivity index (χ0n) is 14.5.